The molecule has 22 heavy (non-hydrogen) atoms. The Morgan fingerprint density at radius 3 is 2.73 bits per heavy atom. The van der Waals surface area contributed by atoms with Gasteiger partial charge in [0.05, 0.1) is 13.2 Å². The lowest BCUT2D eigenvalue weighted by molar-refractivity contribution is -0.142. The number of benzene rings is 1. The molecule has 1 atom stereocenters. The molecule has 0 saturated carbocycles. The van der Waals surface area contributed by atoms with Gasteiger partial charge in [0.15, 0.2) is 6.10 Å². The second-order valence-electron chi connectivity index (χ2n) is 5.15. The summed E-state index contributed by atoms with van der Waals surface area (Å²) in [6, 6.07) is 8.23. The molecule has 1 aromatic heterocycles. The molecule has 1 aliphatic heterocycles. The zero-order valence-corrected chi connectivity index (χ0v) is 12.3. The zero-order chi connectivity index (χ0) is 15.5. The highest BCUT2D eigenvalue weighted by Crippen LogP contribution is 2.21. The van der Waals surface area contributed by atoms with Gasteiger partial charge in [-0.25, -0.2) is 4.79 Å². The van der Waals surface area contributed by atoms with E-state index in [1.54, 1.807) is 36.1 Å². The largest absolute Gasteiger partial charge is 0.481 e. The molecule has 2 heterocycles. The highest BCUT2D eigenvalue weighted by atomic mass is 16.5. The lowest BCUT2D eigenvalue weighted by Crippen LogP contribution is -2.46. The molecule has 0 N–H and O–H groups in total. The molecule has 6 heteroatoms. The van der Waals surface area contributed by atoms with Crippen LogP contribution in [0.3, 0.4) is 0 Å². The Balaban J connectivity index is 1.74. The third-order valence-corrected chi connectivity index (χ3v) is 3.58. The van der Waals surface area contributed by atoms with Gasteiger partial charge < -0.3 is 18.8 Å². The van der Waals surface area contributed by atoms with E-state index >= 15 is 0 Å². The van der Waals surface area contributed by atoms with Gasteiger partial charge in [-0.15, -0.1) is 0 Å². The van der Waals surface area contributed by atoms with Crippen LogP contribution in [0.2, 0.25) is 0 Å². The Morgan fingerprint density at radius 1 is 1.23 bits per heavy atom. The van der Waals surface area contributed by atoms with E-state index in [1.807, 2.05) is 0 Å². The predicted octanol–water partition coefficient (Wildman–Crippen LogP) is 1.42. The lowest BCUT2D eigenvalue weighted by Gasteiger charge is -2.29. The topological polar surface area (TPSA) is 69.0 Å². The van der Waals surface area contributed by atoms with E-state index in [9.17, 15) is 9.59 Å². The second kappa shape index (κ2) is 6.19. The van der Waals surface area contributed by atoms with Gasteiger partial charge in [0.2, 0.25) is 0 Å². The van der Waals surface area contributed by atoms with Crippen molar-refractivity contribution < 1.29 is 18.7 Å². The van der Waals surface area contributed by atoms with Crippen molar-refractivity contribution in [3.8, 4) is 5.75 Å². The van der Waals surface area contributed by atoms with Crippen molar-refractivity contribution in [1.29, 1.82) is 0 Å². The van der Waals surface area contributed by atoms with Gasteiger partial charge in [-0.2, -0.15) is 0 Å². The number of hydrogen-bond donors (Lipinski definition) is 0. The molecule has 1 fully saturated rings. The minimum atomic E-state index is -0.606. The van der Waals surface area contributed by atoms with Crippen molar-refractivity contribution in [3.63, 3.8) is 0 Å². The summed E-state index contributed by atoms with van der Waals surface area (Å²) < 4.78 is 16.0. The van der Waals surface area contributed by atoms with Gasteiger partial charge in [0.1, 0.15) is 11.3 Å². The molecule has 1 saturated heterocycles. The molecule has 1 amide bonds. The average Bonchev–Trinajstić information content (AvgIpc) is 2.54. The fourth-order valence-corrected chi connectivity index (χ4v) is 2.41. The van der Waals surface area contributed by atoms with E-state index in [2.05, 4.69) is 0 Å². The molecule has 116 valence electrons. The SMILES string of the molecule is C[C@@H](Oc1ccc2ccc(=O)oc2c1)C(=O)N1CCOCC1. The number of hydrogen-bond acceptors (Lipinski definition) is 5. The Kier molecular flexibility index (Phi) is 4.11. The van der Waals surface area contributed by atoms with Crippen LogP contribution < -0.4 is 10.4 Å². The Bertz CT molecular complexity index is 733. The van der Waals surface area contributed by atoms with Crippen molar-refractivity contribution in [2.75, 3.05) is 26.3 Å². The van der Waals surface area contributed by atoms with Gasteiger partial charge in [-0.05, 0) is 25.1 Å². The number of rotatable bonds is 3. The van der Waals surface area contributed by atoms with Crippen LogP contribution >= 0.6 is 0 Å². The number of ether oxygens (including phenoxy) is 2. The molecule has 3 rings (SSSR count). The van der Waals surface area contributed by atoms with Crippen LogP contribution in [-0.2, 0) is 9.53 Å². The highest BCUT2D eigenvalue weighted by molar-refractivity contribution is 5.81. The summed E-state index contributed by atoms with van der Waals surface area (Å²) >= 11 is 0. The fourth-order valence-electron chi connectivity index (χ4n) is 2.41. The van der Waals surface area contributed by atoms with Crippen LogP contribution in [-0.4, -0.2) is 43.2 Å². The molecule has 0 unspecified atom stereocenters. The van der Waals surface area contributed by atoms with Crippen molar-refractivity contribution in [1.82, 2.24) is 4.90 Å². The van der Waals surface area contributed by atoms with Gasteiger partial charge in [-0.1, -0.05) is 0 Å². The number of carbonyl (C=O) groups is 1. The van der Waals surface area contributed by atoms with Gasteiger partial charge in [0, 0.05) is 30.6 Å². The summed E-state index contributed by atoms with van der Waals surface area (Å²) in [5.74, 6) is 0.425. The first-order valence-electron chi connectivity index (χ1n) is 7.20. The van der Waals surface area contributed by atoms with E-state index in [1.165, 1.54) is 6.07 Å². The van der Waals surface area contributed by atoms with E-state index in [-0.39, 0.29) is 5.91 Å². The first-order chi connectivity index (χ1) is 10.6. The molecular weight excluding hydrogens is 286 g/mol. The Morgan fingerprint density at radius 2 is 1.95 bits per heavy atom. The monoisotopic (exact) mass is 303 g/mol. The predicted molar refractivity (Wildman–Crippen MR) is 80.0 cm³/mol. The van der Waals surface area contributed by atoms with Crippen molar-refractivity contribution >= 4 is 16.9 Å². The molecule has 0 aliphatic carbocycles. The number of nitrogens with zero attached hydrogens (tertiary/aromatic N) is 1. The van der Waals surface area contributed by atoms with Crippen LogP contribution in [0.5, 0.6) is 5.75 Å². The molecule has 6 nitrogen and oxygen atoms in total. The summed E-state index contributed by atoms with van der Waals surface area (Å²) in [4.78, 5) is 25.3. The summed E-state index contributed by atoms with van der Waals surface area (Å²) in [7, 11) is 0. The van der Waals surface area contributed by atoms with Crippen LogP contribution in [0.25, 0.3) is 11.0 Å². The minimum Gasteiger partial charge on any atom is -0.481 e. The number of morpholine rings is 1. The third kappa shape index (κ3) is 3.12. The van der Waals surface area contributed by atoms with Crippen molar-refractivity contribution in [2.45, 2.75) is 13.0 Å². The zero-order valence-electron chi connectivity index (χ0n) is 12.3. The smallest absolute Gasteiger partial charge is 0.336 e. The van der Waals surface area contributed by atoms with Crippen LogP contribution in [0.15, 0.2) is 39.5 Å². The quantitative estimate of drug-likeness (QED) is 0.802. The molecule has 1 aromatic carbocycles. The van der Waals surface area contributed by atoms with Gasteiger partial charge in [-0.3, -0.25) is 4.79 Å². The maximum Gasteiger partial charge on any atom is 0.336 e. The van der Waals surface area contributed by atoms with Gasteiger partial charge >= 0.3 is 5.63 Å². The molecule has 0 spiro atoms. The average molecular weight is 303 g/mol. The molecule has 0 radical (unpaired) electrons. The van der Waals surface area contributed by atoms with Crippen molar-refractivity contribution in [3.05, 3.63) is 40.8 Å². The number of amides is 1. The maximum absolute atomic E-state index is 12.3. The summed E-state index contributed by atoms with van der Waals surface area (Å²) in [6.07, 6.45) is -0.606. The van der Waals surface area contributed by atoms with E-state index < -0.39 is 11.7 Å². The summed E-state index contributed by atoms with van der Waals surface area (Å²) in [5, 5.41) is 0.805. The minimum absolute atomic E-state index is 0.0714. The lowest BCUT2D eigenvalue weighted by atomic mass is 10.2. The Hall–Kier alpha value is -2.34. The van der Waals surface area contributed by atoms with E-state index in [4.69, 9.17) is 13.9 Å². The van der Waals surface area contributed by atoms with E-state index in [0.29, 0.717) is 37.6 Å². The standard InChI is InChI=1S/C16H17NO5/c1-11(16(19)17-6-8-20-9-7-17)21-13-4-2-12-3-5-15(18)22-14(12)10-13/h2-5,10-11H,6-9H2,1H3/t11-/m1/s1. The first-order valence-corrected chi connectivity index (χ1v) is 7.20. The van der Waals surface area contributed by atoms with Crippen molar-refractivity contribution in [2.24, 2.45) is 0 Å². The maximum atomic E-state index is 12.3. The molecule has 0 bridgehead atoms. The Labute approximate surface area is 127 Å². The summed E-state index contributed by atoms with van der Waals surface area (Å²) in [6.45, 7) is 3.99. The van der Waals surface area contributed by atoms with Crippen LogP contribution in [0, 0.1) is 0 Å². The molecule has 1 aliphatic rings. The fraction of sp³-hybridized carbons (Fsp3) is 0.375. The first kappa shape index (κ1) is 14.6. The third-order valence-electron chi connectivity index (χ3n) is 3.58. The van der Waals surface area contributed by atoms with Gasteiger partial charge in [0.25, 0.3) is 5.91 Å². The van der Waals surface area contributed by atoms with Crippen LogP contribution in [0.1, 0.15) is 6.92 Å². The van der Waals surface area contributed by atoms with Crippen LogP contribution in [0.4, 0.5) is 0 Å². The second-order valence-corrected chi connectivity index (χ2v) is 5.15. The summed E-state index contributed by atoms with van der Waals surface area (Å²) in [5.41, 5.74) is 0.0260. The van der Waals surface area contributed by atoms with E-state index in [0.717, 1.165) is 5.39 Å². The normalized spacial score (nSPS) is 16.5. The highest BCUT2D eigenvalue weighted by Gasteiger charge is 2.23. The molecular formula is C16H17NO5. The number of fused-ring (bicyclic) bond motifs is 1. The number of carbonyl (C=O) groups excluding carboxylic acids is 1. The molecule has 2 aromatic rings.